The number of anilines is 1. The third-order valence-corrected chi connectivity index (χ3v) is 7.03. The Balaban J connectivity index is 1.39. The zero-order valence-electron chi connectivity index (χ0n) is 22.1. The van der Waals surface area contributed by atoms with E-state index in [1.807, 2.05) is 48.0 Å². The molecule has 0 aliphatic carbocycles. The fourth-order valence-corrected chi connectivity index (χ4v) is 4.99. The SMILES string of the molecule is C=CC(=O)N1CCCC(n2nc(-c3ccc(CNC(=O)c4cc(C)ccc4OC)cc3)c3c(N)ncnc32)C1. The van der Waals surface area contributed by atoms with E-state index in [0.717, 1.165) is 29.5 Å². The van der Waals surface area contributed by atoms with Gasteiger partial charge in [0, 0.05) is 25.2 Å². The number of aryl methyl sites for hydroxylation is 1. The number of benzene rings is 2. The van der Waals surface area contributed by atoms with Crippen molar-refractivity contribution in [1.82, 2.24) is 30.0 Å². The molecule has 10 heteroatoms. The zero-order chi connectivity index (χ0) is 27.5. The highest BCUT2D eigenvalue weighted by atomic mass is 16.5. The lowest BCUT2D eigenvalue weighted by atomic mass is 10.1. The zero-order valence-corrected chi connectivity index (χ0v) is 22.1. The summed E-state index contributed by atoms with van der Waals surface area (Å²) in [6, 6.07) is 13.2. The summed E-state index contributed by atoms with van der Waals surface area (Å²) in [4.78, 5) is 35.5. The highest BCUT2D eigenvalue weighted by molar-refractivity contribution is 5.98. The molecule has 1 atom stereocenters. The van der Waals surface area contributed by atoms with E-state index in [1.165, 1.54) is 12.4 Å². The number of fused-ring (bicyclic) bond motifs is 1. The van der Waals surface area contributed by atoms with Crippen LogP contribution < -0.4 is 15.8 Å². The summed E-state index contributed by atoms with van der Waals surface area (Å²) in [7, 11) is 1.55. The summed E-state index contributed by atoms with van der Waals surface area (Å²) < 4.78 is 7.21. The van der Waals surface area contributed by atoms with E-state index < -0.39 is 0 Å². The maximum absolute atomic E-state index is 12.8. The summed E-state index contributed by atoms with van der Waals surface area (Å²) >= 11 is 0. The number of carbonyl (C=O) groups is 2. The lowest BCUT2D eigenvalue weighted by Crippen LogP contribution is -2.40. The van der Waals surface area contributed by atoms with Gasteiger partial charge in [-0.1, -0.05) is 42.5 Å². The molecular weight excluding hydrogens is 494 g/mol. The predicted molar refractivity (Wildman–Crippen MR) is 149 cm³/mol. The van der Waals surface area contributed by atoms with Crippen LogP contribution in [0.4, 0.5) is 5.82 Å². The number of likely N-dealkylation sites (tertiary alicyclic amines) is 1. The van der Waals surface area contributed by atoms with Gasteiger partial charge in [-0.15, -0.1) is 0 Å². The molecule has 1 unspecified atom stereocenters. The minimum atomic E-state index is -0.203. The minimum Gasteiger partial charge on any atom is -0.496 e. The molecule has 1 fully saturated rings. The molecule has 2 amide bonds. The van der Waals surface area contributed by atoms with Crippen molar-refractivity contribution < 1.29 is 14.3 Å². The Hall–Kier alpha value is -4.73. The lowest BCUT2D eigenvalue weighted by Gasteiger charge is -2.32. The van der Waals surface area contributed by atoms with Crippen molar-refractivity contribution in [3.05, 3.63) is 78.1 Å². The van der Waals surface area contributed by atoms with Crippen LogP contribution in [-0.4, -0.2) is 56.7 Å². The molecule has 3 heterocycles. The van der Waals surface area contributed by atoms with Crippen molar-refractivity contribution in [2.24, 2.45) is 0 Å². The van der Waals surface area contributed by atoms with Gasteiger partial charge in [-0.3, -0.25) is 9.59 Å². The third-order valence-electron chi connectivity index (χ3n) is 7.03. The number of carbonyl (C=O) groups excluding carboxylic acids is 2. The molecule has 5 rings (SSSR count). The molecule has 4 aromatic rings. The molecule has 1 saturated heterocycles. The third kappa shape index (κ3) is 5.18. The summed E-state index contributed by atoms with van der Waals surface area (Å²) in [5.74, 6) is 0.588. The fraction of sp³-hybridized carbons (Fsp3) is 0.276. The number of rotatable bonds is 7. The first-order valence-corrected chi connectivity index (χ1v) is 12.8. The van der Waals surface area contributed by atoms with Crippen LogP contribution in [-0.2, 0) is 11.3 Å². The highest BCUT2D eigenvalue weighted by Gasteiger charge is 2.28. The highest BCUT2D eigenvalue weighted by Crippen LogP contribution is 2.34. The summed E-state index contributed by atoms with van der Waals surface area (Å²) in [5, 5.41) is 8.56. The molecule has 1 aliphatic heterocycles. The van der Waals surface area contributed by atoms with Crippen LogP contribution in [0.3, 0.4) is 0 Å². The van der Waals surface area contributed by atoms with Gasteiger partial charge in [0.15, 0.2) is 5.65 Å². The number of hydrogen-bond acceptors (Lipinski definition) is 7. The second kappa shape index (κ2) is 10.9. The Labute approximate surface area is 226 Å². The maximum Gasteiger partial charge on any atom is 0.255 e. The summed E-state index contributed by atoms with van der Waals surface area (Å²) in [5.41, 5.74) is 10.9. The quantitative estimate of drug-likeness (QED) is 0.352. The predicted octanol–water partition coefficient (Wildman–Crippen LogP) is 3.67. The van der Waals surface area contributed by atoms with Gasteiger partial charge in [-0.05, 0) is 43.5 Å². The van der Waals surface area contributed by atoms with Gasteiger partial charge in [0.1, 0.15) is 23.6 Å². The number of hydrogen-bond donors (Lipinski definition) is 2. The van der Waals surface area contributed by atoms with Gasteiger partial charge >= 0.3 is 0 Å². The summed E-state index contributed by atoms with van der Waals surface area (Å²) in [6.07, 6.45) is 4.50. The number of methoxy groups -OCH3 is 1. The van der Waals surface area contributed by atoms with E-state index in [2.05, 4.69) is 21.9 Å². The van der Waals surface area contributed by atoms with Crippen molar-refractivity contribution in [3.63, 3.8) is 0 Å². The molecule has 3 N–H and O–H groups in total. The van der Waals surface area contributed by atoms with Crippen molar-refractivity contribution in [2.75, 3.05) is 25.9 Å². The summed E-state index contributed by atoms with van der Waals surface area (Å²) in [6.45, 7) is 7.12. The Bertz CT molecular complexity index is 1540. The van der Waals surface area contributed by atoms with Crippen molar-refractivity contribution in [3.8, 4) is 17.0 Å². The average molecular weight is 526 g/mol. The van der Waals surface area contributed by atoms with Gasteiger partial charge < -0.3 is 20.7 Å². The molecular formula is C29H31N7O3. The number of aromatic nitrogens is 4. The lowest BCUT2D eigenvalue weighted by molar-refractivity contribution is -0.127. The van der Waals surface area contributed by atoms with Crippen LogP contribution in [0.25, 0.3) is 22.3 Å². The number of piperidine rings is 1. The van der Waals surface area contributed by atoms with E-state index in [9.17, 15) is 9.59 Å². The number of nitrogens with one attached hydrogen (secondary N) is 1. The van der Waals surface area contributed by atoms with Gasteiger partial charge in [0.2, 0.25) is 5.91 Å². The van der Waals surface area contributed by atoms with E-state index in [0.29, 0.717) is 53.5 Å². The van der Waals surface area contributed by atoms with Gasteiger partial charge in [-0.25, -0.2) is 14.6 Å². The first-order valence-electron chi connectivity index (χ1n) is 12.8. The molecule has 2 aromatic heterocycles. The maximum atomic E-state index is 12.8. The molecule has 0 saturated carbocycles. The second-order valence-electron chi connectivity index (χ2n) is 9.62. The molecule has 10 nitrogen and oxygen atoms in total. The van der Waals surface area contributed by atoms with Crippen molar-refractivity contribution in [2.45, 2.75) is 32.4 Å². The van der Waals surface area contributed by atoms with E-state index in [4.69, 9.17) is 15.6 Å². The molecule has 200 valence electrons. The number of nitrogens with two attached hydrogens (primary N) is 1. The second-order valence-corrected chi connectivity index (χ2v) is 9.62. The van der Waals surface area contributed by atoms with Gasteiger partial charge in [0.25, 0.3) is 5.91 Å². The average Bonchev–Trinajstić information content (AvgIpc) is 3.37. The Morgan fingerprint density at radius 3 is 2.74 bits per heavy atom. The monoisotopic (exact) mass is 525 g/mol. The van der Waals surface area contributed by atoms with E-state index in [-0.39, 0.29) is 17.9 Å². The molecule has 0 bridgehead atoms. The van der Waals surface area contributed by atoms with Crippen LogP contribution in [0.5, 0.6) is 5.75 Å². The van der Waals surface area contributed by atoms with Crippen molar-refractivity contribution >= 4 is 28.7 Å². The number of amides is 2. The molecule has 0 spiro atoms. The Morgan fingerprint density at radius 2 is 2.00 bits per heavy atom. The normalized spacial score (nSPS) is 15.2. The number of nitrogen functional groups attached to an aromatic ring is 1. The van der Waals surface area contributed by atoms with Crippen LogP contribution >= 0.6 is 0 Å². The van der Waals surface area contributed by atoms with Crippen LogP contribution in [0.2, 0.25) is 0 Å². The van der Waals surface area contributed by atoms with Crippen LogP contribution in [0.15, 0.2) is 61.4 Å². The smallest absolute Gasteiger partial charge is 0.255 e. The van der Waals surface area contributed by atoms with E-state index in [1.54, 1.807) is 18.1 Å². The first kappa shape index (κ1) is 25.9. The first-order chi connectivity index (χ1) is 18.9. The van der Waals surface area contributed by atoms with Gasteiger partial charge in [-0.2, -0.15) is 5.10 Å². The molecule has 0 radical (unpaired) electrons. The fourth-order valence-electron chi connectivity index (χ4n) is 4.99. The number of nitrogens with zero attached hydrogens (tertiary/aromatic N) is 5. The Morgan fingerprint density at radius 1 is 1.21 bits per heavy atom. The van der Waals surface area contributed by atoms with Crippen molar-refractivity contribution in [1.29, 1.82) is 0 Å². The largest absolute Gasteiger partial charge is 0.496 e. The Kier molecular flexibility index (Phi) is 7.27. The standard InChI is InChI=1S/C29H31N7O3/c1-4-24(37)35-13-5-6-21(16-35)36-28-25(27(30)32-17-33-28)26(34-36)20-10-8-19(9-11-20)15-31-29(38)22-14-18(2)7-12-23(22)39-3/h4,7-12,14,17,21H,1,5-6,13,15-16H2,2-3H3,(H,31,38)(H2,30,32,33). The molecule has 2 aromatic carbocycles. The number of ether oxygens (including phenoxy) is 1. The van der Waals surface area contributed by atoms with Crippen LogP contribution in [0, 0.1) is 6.92 Å². The van der Waals surface area contributed by atoms with Gasteiger partial charge in [0.05, 0.1) is 24.1 Å². The molecule has 39 heavy (non-hydrogen) atoms. The molecule has 1 aliphatic rings. The van der Waals surface area contributed by atoms with Crippen LogP contribution in [0.1, 0.15) is 40.4 Å². The topological polar surface area (TPSA) is 128 Å². The van der Waals surface area contributed by atoms with E-state index >= 15 is 0 Å². The minimum absolute atomic E-state index is 0.0405.